The van der Waals surface area contributed by atoms with E-state index in [2.05, 4.69) is 5.32 Å². The Hall–Kier alpha value is -3.14. The lowest BCUT2D eigenvalue weighted by molar-refractivity contribution is -0.139. The molecule has 3 aromatic rings. The number of nitrogens with one attached hydrogen (secondary N) is 1. The molecule has 0 aliphatic rings. The second kappa shape index (κ2) is 13.5. The minimum Gasteiger partial charge on any atom is -0.352 e. The van der Waals surface area contributed by atoms with Crippen molar-refractivity contribution in [3.63, 3.8) is 0 Å². The first-order chi connectivity index (χ1) is 18.8. The standard InChI is InChI=1S/C29H32Cl2FN3O4S/c1-5-20(3)33-29(37)21(4)34(17-22-8-9-23(30)16-27(22)31)28(36)18-35(25-12-6-19(2)7-13-25)40(38,39)26-14-10-24(32)11-15-26/h6-16,20-21H,5,17-18H2,1-4H3,(H,33,37)/t20-,21+/m0/s1. The second-order valence-electron chi connectivity index (χ2n) is 9.55. The number of carbonyl (C=O) groups excluding carboxylic acids is 2. The minimum absolute atomic E-state index is 0.0672. The van der Waals surface area contributed by atoms with Gasteiger partial charge in [-0.1, -0.05) is 53.9 Å². The van der Waals surface area contributed by atoms with Crippen molar-refractivity contribution in [2.24, 2.45) is 0 Å². The number of carbonyl (C=O) groups is 2. The van der Waals surface area contributed by atoms with Crippen molar-refractivity contribution in [3.05, 3.63) is 93.7 Å². The molecule has 214 valence electrons. The van der Waals surface area contributed by atoms with Crippen molar-refractivity contribution in [1.29, 1.82) is 0 Å². The van der Waals surface area contributed by atoms with Gasteiger partial charge in [0.25, 0.3) is 10.0 Å². The maximum absolute atomic E-state index is 13.9. The zero-order valence-corrected chi connectivity index (χ0v) is 25.0. The van der Waals surface area contributed by atoms with Gasteiger partial charge in [0, 0.05) is 22.6 Å². The number of halogens is 3. The summed E-state index contributed by atoms with van der Waals surface area (Å²) in [5.41, 5.74) is 1.67. The molecular formula is C29H32Cl2FN3O4S. The molecule has 2 atom stereocenters. The van der Waals surface area contributed by atoms with Crippen LogP contribution in [0.3, 0.4) is 0 Å². The van der Waals surface area contributed by atoms with Gasteiger partial charge in [-0.2, -0.15) is 0 Å². The van der Waals surface area contributed by atoms with Crippen LogP contribution >= 0.6 is 23.2 Å². The number of aryl methyl sites for hydroxylation is 1. The molecule has 7 nitrogen and oxygen atoms in total. The van der Waals surface area contributed by atoms with E-state index in [1.54, 1.807) is 43.3 Å². The van der Waals surface area contributed by atoms with E-state index in [4.69, 9.17) is 23.2 Å². The highest BCUT2D eigenvalue weighted by Gasteiger charge is 2.33. The fourth-order valence-electron chi connectivity index (χ4n) is 3.86. The van der Waals surface area contributed by atoms with Crippen molar-refractivity contribution in [2.75, 3.05) is 10.8 Å². The summed E-state index contributed by atoms with van der Waals surface area (Å²) < 4.78 is 42.0. The van der Waals surface area contributed by atoms with Gasteiger partial charge in [0.1, 0.15) is 18.4 Å². The summed E-state index contributed by atoms with van der Waals surface area (Å²) in [5, 5.41) is 3.58. The van der Waals surface area contributed by atoms with E-state index in [-0.39, 0.29) is 23.2 Å². The Morgan fingerprint density at radius 2 is 1.60 bits per heavy atom. The highest BCUT2D eigenvalue weighted by atomic mass is 35.5. The molecule has 0 saturated carbocycles. The summed E-state index contributed by atoms with van der Waals surface area (Å²) in [6.07, 6.45) is 0.687. The van der Waals surface area contributed by atoms with Gasteiger partial charge in [0.2, 0.25) is 11.8 Å². The van der Waals surface area contributed by atoms with Gasteiger partial charge in [0.05, 0.1) is 10.6 Å². The third-order valence-corrected chi connectivity index (χ3v) is 8.90. The van der Waals surface area contributed by atoms with Crippen LogP contribution in [0.1, 0.15) is 38.3 Å². The maximum atomic E-state index is 13.9. The lowest BCUT2D eigenvalue weighted by atomic mass is 10.1. The van der Waals surface area contributed by atoms with Crippen LogP contribution in [-0.2, 0) is 26.2 Å². The molecule has 3 aromatic carbocycles. The number of hydrogen-bond acceptors (Lipinski definition) is 4. The van der Waals surface area contributed by atoms with Gasteiger partial charge in [-0.25, -0.2) is 12.8 Å². The molecule has 0 fully saturated rings. The Bertz CT molecular complexity index is 1450. The number of rotatable bonds is 11. The quantitative estimate of drug-likeness (QED) is 0.291. The number of hydrogen-bond donors (Lipinski definition) is 1. The average molecular weight is 609 g/mol. The van der Waals surface area contributed by atoms with Crippen molar-refractivity contribution < 1.29 is 22.4 Å². The van der Waals surface area contributed by atoms with E-state index in [1.165, 1.54) is 11.0 Å². The van der Waals surface area contributed by atoms with E-state index in [0.717, 1.165) is 34.1 Å². The van der Waals surface area contributed by atoms with E-state index in [1.807, 2.05) is 20.8 Å². The molecule has 0 aliphatic carbocycles. The highest BCUT2D eigenvalue weighted by Crippen LogP contribution is 2.27. The molecule has 1 N–H and O–H groups in total. The molecule has 0 bridgehead atoms. The maximum Gasteiger partial charge on any atom is 0.264 e. The summed E-state index contributed by atoms with van der Waals surface area (Å²) in [7, 11) is -4.29. The van der Waals surface area contributed by atoms with E-state index >= 15 is 0 Å². The van der Waals surface area contributed by atoms with Crippen molar-refractivity contribution in [1.82, 2.24) is 10.2 Å². The van der Waals surface area contributed by atoms with Crippen LogP contribution in [0.4, 0.5) is 10.1 Å². The first kappa shape index (κ1) is 31.4. The molecule has 0 aromatic heterocycles. The lowest BCUT2D eigenvalue weighted by Crippen LogP contribution is -2.52. The number of anilines is 1. The van der Waals surface area contributed by atoms with Gasteiger partial charge in [0.15, 0.2) is 0 Å². The minimum atomic E-state index is -4.29. The Balaban J connectivity index is 2.04. The molecule has 0 aliphatic heterocycles. The molecule has 11 heteroatoms. The first-order valence-corrected chi connectivity index (χ1v) is 14.9. The Morgan fingerprint density at radius 1 is 0.975 bits per heavy atom. The lowest BCUT2D eigenvalue weighted by Gasteiger charge is -2.32. The number of amides is 2. The average Bonchev–Trinajstić information content (AvgIpc) is 2.91. The number of nitrogens with zero attached hydrogens (tertiary/aromatic N) is 2. The molecular weight excluding hydrogens is 576 g/mol. The zero-order chi connectivity index (χ0) is 29.6. The highest BCUT2D eigenvalue weighted by molar-refractivity contribution is 7.92. The summed E-state index contributed by atoms with van der Waals surface area (Å²) >= 11 is 12.4. The van der Waals surface area contributed by atoms with Crippen LogP contribution in [0.5, 0.6) is 0 Å². The van der Waals surface area contributed by atoms with Gasteiger partial charge in [-0.05, 0) is 81.3 Å². The SMILES string of the molecule is CC[C@H](C)NC(=O)[C@@H](C)N(Cc1ccc(Cl)cc1Cl)C(=O)CN(c1ccc(C)cc1)S(=O)(=O)c1ccc(F)cc1. The Labute approximate surface area is 244 Å². The molecule has 40 heavy (non-hydrogen) atoms. The van der Waals surface area contributed by atoms with Gasteiger partial charge >= 0.3 is 0 Å². The van der Waals surface area contributed by atoms with E-state index < -0.39 is 40.2 Å². The fraction of sp³-hybridized carbons (Fsp3) is 0.310. The summed E-state index contributed by atoms with van der Waals surface area (Å²) in [5.74, 6) is -1.62. The smallest absolute Gasteiger partial charge is 0.264 e. The van der Waals surface area contributed by atoms with E-state index in [0.29, 0.717) is 22.0 Å². The van der Waals surface area contributed by atoms with Crippen LogP contribution < -0.4 is 9.62 Å². The van der Waals surface area contributed by atoms with Crippen molar-refractivity contribution >= 4 is 50.7 Å². The molecule has 0 saturated heterocycles. The molecule has 0 unspecified atom stereocenters. The number of sulfonamides is 1. The predicted molar refractivity (Wildman–Crippen MR) is 156 cm³/mol. The van der Waals surface area contributed by atoms with E-state index in [9.17, 15) is 22.4 Å². The van der Waals surface area contributed by atoms with Crippen LogP contribution in [-0.4, -0.2) is 43.8 Å². The molecule has 0 heterocycles. The normalized spacial score (nSPS) is 12.9. The van der Waals surface area contributed by atoms with Crippen molar-refractivity contribution in [2.45, 2.75) is 57.6 Å². The molecule has 0 radical (unpaired) electrons. The third kappa shape index (κ3) is 7.74. The largest absolute Gasteiger partial charge is 0.352 e. The van der Waals surface area contributed by atoms with Crippen LogP contribution in [0.15, 0.2) is 71.6 Å². The number of benzene rings is 3. The Kier molecular flexibility index (Phi) is 10.6. The zero-order valence-electron chi connectivity index (χ0n) is 22.7. The monoisotopic (exact) mass is 607 g/mol. The van der Waals surface area contributed by atoms with Crippen LogP contribution in [0, 0.1) is 12.7 Å². The Morgan fingerprint density at radius 3 is 2.17 bits per heavy atom. The molecule has 3 rings (SSSR count). The van der Waals surface area contributed by atoms with Gasteiger partial charge < -0.3 is 10.2 Å². The van der Waals surface area contributed by atoms with Gasteiger partial charge in [-0.3, -0.25) is 13.9 Å². The fourth-order valence-corrected chi connectivity index (χ4v) is 5.74. The van der Waals surface area contributed by atoms with Gasteiger partial charge in [-0.15, -0.1) is 0 Å². The van der Waals surface area contributed by atoms with Crippen LogP contribution in [0.25, 0.3) is 0 Å². The van der Waals surface area contributed by atoms with Crippen molar-refractivity contribution in [3.8, 4) is 0 Å². The predicted octanol–water partition coefficient (Wildman–Crippen LogP) is 5.97. The molecule has 0 spiro atoms. The topological polar surface area (TPSA) is 86.8 Å². The second-order valence-corrected chi connectivity index (χ2v) is 12.3. The van der Waals surface area contributed by atoms with Crippen LogP contribution in [0.2, 0.25) is 10.0 Å². The first-order valence-electron chi connectivity index (χ1n) is 12.7. The third-order valence-electron chi connectivity index (χ3n) is 6.53. The summed E-state index contributed by atoms with van der Waals surface area (Å²) in [4.78, 5) is 28.1. The summed E-state index contributed by atoms with van der Waals surface area (Å²) in [6, 6.07) is 14.7. The summed E-state index contributed by atoms with van der Waals surface area (Å²) in [6.45, 7) is 6.51. The molecule has 2 amide bonds.